The maximum Gasteiger partial charge on any atom is 0.254 e. The molecule has 0 saturated heterocycles. The largest absolute Gasteiger partial charge is 0.390 e. The average molecular weight is 610 g/mol. The zero-order chi connectivity index (χ0) is 29.5. The number of nitrogens with zero attached hydrogens (tertiary/aromatic N) is 2. The lowest BCUT2D eigenvalue weighted by Gasteiger charge is -2.43. The van der Waals surface area contributed by atoms with Gasteiger partial charge in [-0.2, -0.15) is 0 Å². The molecule has 1 fully saturated rings. The van der Waals surface area contributed by atoms with Crippen molar-refractivity contribution in [3.63, 3.8) is 0 Å². The van der Waals surface area contributed by atoms with Crippen molar-refractivity contribution in [1.82, 2.24) is 9.88 Å². The van der Waals surface area contributed by atoms with Crippen molar-refractivity contribution in [3.05, 3.63) is 99.3 Å². The molecule has 1 aromatic heterocycles. The van der Waals surface area contributed by atoms with E-state index in [9.17, 15) is 4.79 Å². The fraction of sp³-hybridized carbons (Fsp3) is 0.321. The molecule has 1 aliphatic heterocycles. The van der Waals surface area contributed by atoms with Gasteiger partial charge in [0.1, 0.15) is 0 Å². The number of rotatable bonds is 3. The third kappa shape index (κ3) is 10.3. The number of hydrogen-bond donors (Lipinski definition) is 4. The van der Waals surface area contributed by atoms with Crippen LogP contribution in [0.4, 0.5) is 0 Å². The predicted octanol–water partition coefficient (Wildman–Crippen LogP) is 4.82. The number of aromatic nitrogens is 1. The number of primary amides is 1. The van der Waals surface area contributed by atoms with E-state index in [2.05, 4.69) is 26.8 Å². The first-order valence-electron chi connectivity index (χ1n) is 12.6. The summed E-state index contributed by atoms with van der Waals surface area (Å²) in [6.45, 7) is 0.0286. The highest BCUT2D eigenvalue weighted by molar-refractivity contribution is 7.76. The van der Waals surface area contributed by atoms with Crippen LogP contribution in [0.5, 0.6) is 0 Å². The van der Waals surface area contributed by atoms with Crippen LogP contribution in [0.25, 0.3) is 0 Å². The van der Waals surface area contributed by atoms with Crippen LogP contribution in [-0.2, 0) is 29.1 Å². The number of hydrogen-bond acceptors (Lipinski definition) is 5. The van der Waals surface area contributed by atoms with Gasteiger partial charge in [0.15, 0.2) is 0 Å². The maximum absolute atomic E-state index is 13.3. The van der Waals surface area contributed by atoms with Gasteiger partial charge in [0.25, 0.3) is 5.91 Å². The number of pyridine rings is 1. The van der Waals surface area contributed by atoms with Crippen LogP contribution >= 0.6 is 23.2 Å². The van der Waals surface area contributed by atoms with E-state index in [1.165, 1.54) is 19.3 Å². The molecule has 216 valence electrons. The summed E-state index contributed by atoms with van der Waals surface area (Å²) >= 11 is 10.5. The number of halogens is 2. The van der Waals surface area contributed by atoms with Gasteiger partial charge in [-0.1, -0.05) is 72.8 Å². The van der Waals surface area contributed by atoms with Crippen molar-refractivity contribution >= 4 is 46.8 Å². The summed E-state index contributed by atoms with van der Waals surface area (Å²) in [5.74, 6) is 0.143. The molecule has 2 aromatic carbocycles. The molecule has 3 aromatic rings. The van der Waals surface area contributed by atoms with Gasteiger partial charge in [0.2, 0.25) is 17.7 Å². The van der Waals surface area contributed by atoms with Crippen LogP contribution in [-0.4, -0.2) is 42.1 Å². The minimum Gasteiger partial charge on any atom is -0.390 e. The molecule has 2 aliphatic rings. The summed E-state index contributed by atoms with van der Waals surface area (Å²) in [6.07, 6.45) is 8.52. The Hall–Kier alpha value is -2.86. The van der Waals surface area contributed by atoms with Gasteiger partial charge in [0, 0.05) is 27.8 Å². The van der Waals surface area contributed by atoms with Crippen LogP contribution in [0.2, 0.25) is 10.0 Å². The standard InChI is InChI=1S/C21H21Cl2NO.C6H7NO.CH3NO.H3NO2S/c22-15-10-11-18(19(23)13-15)20-12-14-6-4-5-9-17(14)21(25)24(20)16-7-2-1-3-8-16;8-5-6-3-1-2-4-7-6;2-1-3;1-4(2)3/h4-6,9-11,13,16,20H,1-3,7-8,12H2;1-4,8H,5H2;1H,(H2,2,3);1H2,(H,2,3). The quantitative estimate of drug-likeness (QED) is 0.246. The number of benzene rings is 2. The number of amides is 2. The van der Waals surface area contributed by atoms with Gasteiger partial charge in [-0.15, -0.1) is 0 Å². The van der Waals surface area contributed by atoms with E-state index in [0.29, 0.717) is 21.8 Å². The Bertz CT molecular complexity index is 1240. The van der Waals surface area contributed by atoms with Crippen molar-refractivity contribution in [2.45, 2.75) is 57.2 Å². The highest BCUT2D eigenvalue weighted by Gasteiger charge is 2.38. The second-order valence-electron chi connectivity index (χ2n) is 8.94. The monoisotopic (exact) mass is 608 g/mol. The molecule has 5 rings (SSSR count). The summed E-state index contributed by atoms with van der Waals surface area (Å²) in [5, 5.41) is 13.9. The van der Waals surface area contributed by atoms with Crippen LogP contribution in [0, 0.1) is 0 Å². The number of carbonyl (C=O) groups excluding carboxylic acids is 2. The van der Waals surface area contributed by atoms with Gasteiger partial charge in [0.05, 0.1) is 18.3 Å². The highest BCUT2D eigenvalue weighted by Crippen LogP contribution is 2.40. The van der Waals surface area contributed by atoms with E-state index >= 15 is 0 Å². The minimum absolute atomic E-state index is 0.0183. The third-order valence-electron chi connectivity index (χ3n) is 6.41. The van der Waals surface area contributed by atoms with Crippen molar-refractivity contribution in [2.24, 2.45) is 10.9 Å². The Balaban J connectivity index is 0.000000308. The molecule has 2 atom stereocenters. The molecule has 0 spiro atoms. The molecule has 0 bridgehead atoms. The van der Waals surface area contributed by atoms with Crippen LogP contribution in [0.1, 0.15) is 65.3 Å². The van der Waals surface area contributed by atoms with Gasteiger partial charge < -0.3 is 15.7 Å². The van der Waals surface area contributed by atoms with Gasteiger partial charge in [-0.25, -0.2) is 9.35 Å². The van der Waals surface area contributed by atoms with Crippen molar-refractivity contribution in [2.75, 3.05) is 0 Å². The summed E-state index contributed by atoms with van der Waals surface area (Å²) in [5.41, 5.74) is 7.83. The first-order chi connectivity index (χ1) is 19.2. The number of fused-ring (bicyclic) bond motifs is 1. The molecule has 9 nitrogen and oxygen atoms in total. The van der Waals surface area contributed by atoms with E-state index in [-0.39, 0.29) is 25.0 Å². The zero-order valence-electron chi connectivity index (χ0n) is 21.9. The molecule has 2 amide bonds. The fourth-order valence-corrected chi connectivity index (χ4v) is 5.33. The first-order valence-corrected chi connectivity index (χ1v) is 14.5. The van der Waals surface area contributed by atoms with Crippen LogP contribution < -0.4 is 10.9 Å². The normalized spacial score (nSPS) is 17.0. The van der Waals surface area contributed by atoms with E-state index in [0.717, 1.165) is 36.0 Å². The Labute approximate surface area is 246 Å². The van der Waals surface area contributed by atoms with Gasteiger partial charge in [-0.3, -0.25) is 19.1 Å². The Kier molecular flexibility index (Phi) is 14.8. The van der Waals surface area contributed by atoms with Crippen molar-refractivity contribution < 1.29 is 23.5 Å². The molecular weight excluding hydrogens is 575 g/mol. The molecule has 1 aliphatic carbocycles. The number of nitrogens with two attached hydrogens (primary N) is 2. The van der Waals surface area contributed by atoms with Crippen LogP contribution in [0.3, 0.4) is 0 Å². The lowest BCUT2D eigenvalue weighted by atomic mass is 9.85. The van der Waals surface area contributed by atoms with E-state index < -0.39 is 11.3 Å². The maximum atomic E-state index is 13.3. The highest BCUT2D eigenvalue weighted by atomic mass is 35.5. The van der Waals surface area contributed by atoms with Crippen LogP contribution in [0.15, 0.2) is 66.9 Å². The zero-order valence-corrected chi connectivity index (χ0v) is 24.2. The SMILES string of the molecule is NC=O.NS(=O)O.O=C1c2ccccc2CC(c2ccc(Cl)cc2Cl)N1C1CCCCC1.OCc1ccccn1. The number of aliphatic hydroxyl groups is 1. The Morgan fingerprint density at radius 1 is 1.05 bits per heavy atom. The van der Waals surface area contributed by atoms with Crippen molar-refractivity contribution in [3.8, 4) is 0 Å². The van der Waals surface area contributed by atoms with E-state index in [1.54, 1.807) is 18.3 Å². The van der Waals surface area contributed by atoms with Gasteiger partial charge >= 0.3 is 0 Å². The number of carbonyl (C=O) groups is 2. The second-order valence-corrected chi connectivity index (χ2v) is 10.3. The lowest BCUT2D eigenvalue weighted by molar-refractivity contribution is -0.106. The summed E-state index contributed by atoms with van der Waals surface area (Å²) in [6, 6.07) is 19.3. The first kappa shape index (κ1) is 33.3. The van der Waals surface area contributed by atoms with Gasteiger partial charge in [-0.05, 0) is 60.7 Å². The molecule has 0 radical (unpaired) electrons. The molecular formula is C28H34Cl2N4O5S. The molecule has 2 unspecified atom stereocenters. The molecule has 1 saturated carbocycles. The minimum atomic E-state index is -2.11. The molecule has 2 heterocycles. The van der Waals surface area contributed by atoms with Crippen molar-refractivity contribution in [1.29, 1.82) is 0 Å². The Morgan fingerprint density at radius 3 is 2.23 bits per heavy atom. The molecule has 40 heavy (non-hydrogen) atoms. The molecule has 12 heteroatoms. The summed E-state index contributed by atoms with van der Waals surface area (Å²) in [4.78, 5) is 27.9. The third-order valence-corrected chi connectivity index (χ3v) is 6.97. The topological polar surface area (TPSA) is 160 Å². The smallest absolute Gasteiger partial charge is 0.254 e. The lowest BCUT2D eigenvalue weighted by Crippen LogP contribution is -2.47. The molecule has 6 N–H and O–H groups in total. The average Bonchev–Trinajstić information content (AvgIpc) is 2.94. The second kappa shape index (κ2) is 17.8. The fourth-order valence-electron chi connectivity index (χ4n) is 4.80. The Morgan fingerprint density at radius 2 is 1.68 bits per heavy atom. The summed E-state index contributed by atoms with van der Waals surface area (Å²) in [7, 11) is 0. The number of aliphatic hydroxyl groups excluding tert-OH is 1. The predicted molar refractivity (Wildman–Crippen MR) is 158 cm³/mol. The van der Waals surface area contributed by atoms with E-state index in [4.69, 9.17) is 41.9 Å². The van der Waals surface area contributed by atoms with E-state index in [1.807, 2.05) is 42.5 Å². The summed E-state index contributed by atoms with van der Waals surface area (Å²) < 4.78 is 16.2.